The lowest BCUT2D eigenvalue weighted by molar-refractivity contribution is 0.403. The number of hydrazine groups is 1. The maximum absolute atomic E-state index is 5.55. The molecule has 1 unspecified atom stereocenters. The topological polar surface area (TPSA) is 47.3 Å². The number of nitrogens with one attached hydrogen (secondary N) is 1. The molecule has 0 saturated heterocycles. The van der Waals surface area contributed by atoms with E-state index in [1.807, 2.05) is 11.4 Å². The Balaban J connectivity index is 2.78. The first-order valence-electron chi connectivity index (χ1n) is 4.97. The smallest absolute Gasteiger partial charge is 0.134 e. The molecule has 3 N–H and O–H groups in total. The number of hydrogen-bond donors (Lipinski definition) is 2. The van der Waals surface area contributed by atoms with Crippen molar-refractivity contribution in [1.82, 2.24) is 5.43 Å². The first-order valence-corrected chi connectivity index (χ1v) is 5.85. The summed E-state index contributed by atoms with van der Waals surface area (Å²) in [5.41, 5.74) is 4.00. The molecule has 1 heterocycles. The van der Waals surface area contributed by atoms with Gasteiger partial charge in [0.2, 0.25) is 0 Å². The Morgan fingerprint density at radius 2 is 2.47 bits per heavy atom. The maximum atomic E-state index is 5.55. The van der Waals surface area contributed by atoms with Crippen LogP contribution in [0.2, 0.25) is 0 Å². The van der Waals surface area contributed by atoms with E-state index in [1.165, 1.54) is 5.57 Å². The predicted octanol–water partition coefficient (Wildman–Crippen LogP) is 2.62. The quantitative estimate of drug-likeness (QED) is 0.445. The lowest BCUT2D eigenvalue weighted by atomic mass is 10.0. The van der Waals surface area contributed by atoms with Crippen LogP contribution < -0.4 is 16.0 Å². The van der Waals surface area contributed by atoms with E-state index in [2.05, 4.69) is 18.9 Å². The second-order valence-corrected chi connectivity index (χ2v) is 4.33. The molecule has 1 atom stereocenters. The molecule has 0 bridgehead atoms. The average Bonchev–Trinajstić information content (AvgIpc) is 2.73. The third-order valence-corrected chi connectivity index (χ3v) is 3.40. The molecule has 1 aromatic rings. The van der Waals surface area contributed by atoms with Gasteiger partial charge in [-0.3, -0.25) is 11.3 Å². The summed E-state index contributed by atoms with van der Waals surface area (Å²) < 4.78 is 5.27. The molecule has 0 aliphatic heterocycles. The highest BCUT2D eigenvalue weighted by Gasteiger charge is 2.16. The average molecular weight is 226 g/mol. The van der Waals surface area contributed by atoms with Crippen molar-refractivity contribution in [3.63, 3.8) is 0 Å². The van der Waals surface area contributed by atoms with Crippen molar-refractivity contribution in [1.29, 1.82) is 0 Å². The zero-order valence-corrected chi connectivity index (χ0v) is 10.1. The van der Waals surface area contributed by atoms with Crippen molar-refractivity contribution >= 4 is 11.3 Å². The molecular formula is C11H18N2OS. The van der Waals surface area contributed by atoms with Crippen LogP contribution in [-0.4, -0.2) is 7.11 Å². The van der Waals surface area contributed by atoms with Crippen molar-refractivity contribution in [2.75, 3.05) is 7.11 Å². The highest BCUT2D eigenvalue weighted by Crippen LogP contribution is 2.33. The third kappa shape index (κ3) is 3.06. The summed E-state index contributed by atoms with van der Waals surface area (Å²) in [6, 6.07) is 2.06. The molecule has 0 aliphatic carbocycles. The van der Waals surface area contributed by atoms with Crippen LogP contribution in [0.5, 0.6) is 5.75 Å². The van der Waals surface area contributed by atoms with Gasteiger partial charge in [-0.25, -0.2) is 0 Å². The Hall–Kier alpha value is -0.840. The van der Waals surface area contributed by atoms with E-state index in [4.69, 9.17) is 10.6 Å². The lowest BCUT2D eigenvalue weighted by Gasteiger charge is -2.16. The van der Waals surface area contributed by atoms with Gasteiger partial charge in [0, 0.05) is 0 Å². The summed E-state index contributed by atoms with van der Waals surface area (Å²) in [7, 11) is 1.67. The van der Waals surface area contributed by atoms with Crippen LogP contribution in [0, 0.1) is 0 Å². The fourth-order valence-electron chi connectivity index (χ4n) is 1.39. The predicted molar refractivity (Wildman–Crippen MR) is 65.0 cm³/mol. The number of rotatable bonds is 6. The van der Waals surface area contributed by atoms with Crippen LogP contribution in [0.3, 0.4) is 0 Å². The van der Waals surface area contributed by atoms with E-state index < -0.39 is 0 Å². The fraction of sp³-hybridized carbons (Fsp3) is 0.455. The molecular weight excluding hydrogens is 208 g/mol. The standard InChI is InChI=1S/C11H18N2OS/c1-4-8(2)7-9(13-12)11-10(14-3)5-6-15-11/h5-6,9,13H,2,4,7,12H2,1,3H3. The van der Waals surface area contributed by atoms with E-state index in [1.54, 1.807) is 18.4 Å². The van der Waals surface area contributed by atoms with Gasteiger partial charge in [-0.15, -0.1) is 11.3 Å². The number of thiophene rings is 1. The Kier molecular flexibility index (Phi) is 4.81. The molecule has 1 rings (SSSR count). The summed E-state index contributed by atoms with van der Waals surface area (Å²) in [6.07, 6.45) is 1.83. The van der Waals surface area contributed by atoms with E-state index in [0.717, 1.165) is 23.5 Å². The molecule has 0 radical (unpaired) electrons. The van der Waals surface area contributed by atoms with E-state index in [-0.39, 0.29) is 6.04 Å². The van der Waals surface area contributed by atoms with Crippen LogP contribution in [0.15, 0.2) is 23.6 Å². The van der Waals surface area contributed by atoms with Crippen molar-refractivity contribution in [3.05, 3.63) is 28.5 Å². The van der Waals surface area contributed by atoms with Gasteiger partial charge in [-0.2, -0.15) is 0 Å². The van der Waals surface area contributed by atoms with Gasteiger partial charge in [0.05, 0.1) is 18.0 Å². The van der Waals surface area contributed by atoms with Crippen molar-refractivity contribution in [3.8, 4) is 5.75 Å². The van der Waals surface area contributed by atoms with Crippen LogP contribution in [-0.2, 0) is 0 Å². The maximum Gasteiger partial charge on any atom is 0.134 e. The van der Waals surface area contributed by atoms with Crippen LogP contribution in [0.25, 0.3) is 0 Å². The molecule has 0 amide bonds. The molecule has 0 spiro atoms. The van der Waals surface area contributed by atoms with Crippen LogP contribution in [0.4, 0.5) is 0 Å². The van der Waals surface area contributed by atoms with E-state index >= 15 is 0 Å². The second-order valence-electron chi connectivity index (χ2n) is 3.38. The molecule has 15 heavy (non-hydrogen) atoms. The zero-order valence-electron chi connectivity index (χ0n) is 9.25. The summed E-state index contributed by atoms with van der Waals surface area (Å²) in [6.45, 7) is 6.09. The SMILES string of the molecule is C=C(CC)CC(NN)c1sccc1OC. The fourth-order valence-corrected chi connectivity index (χ4v) is 2.31. The molecule has 0 aliphatic rings. The number of nitrogens with two attached hydrogens (primary N) is 1. The van der Waals surface area contributed by atoms with Crippen molar-refractivity contribution in [2.24, 2.45) is 5.84 Å². The minimum atomic E-state index is 0.104. The van der Waals surface area contributed by atoms with Crippen LogP contribution >= 0.6 is 11.3 Å². The summed E-state index contributed by atoms with van der Waals surface area (Å²) in [5.74, 6) is 6.45. The zero-order chi connectivity index (χ0) is 11.3. The first kappa shape index (κ1) is 12.2. The molecule has 0 saturated carbocycles. The Labute approximate surface area is 94.9 Å². The second kappa shape index (κ2) is 5.90. The lowest BCUT2D eigenvalue weighted by Crippen LogP contribution is -2.27. The summed E-state index contributed by atoms with van der Waals surface area (Å²) >= 11 is 1.65. The minimum absolute atomic E-state index is 0.104. The van der Waals surface area contributed by atoms with E-state index in [9.17, 15) is 0 Å². The first-order chi connectivity index (χ1) is 7.22. The van der Waals surface area contributed by atoms with Gasteiger partial charge in [0.15, 0.2) is 0 Å². The van der Waals surface area contributed by atoms with Gasteiger partial charge in [0.25, 0.3) is 0 Å². The highest BCUT2D eigenvalue weighted by molar-refractivity contribution is 7.10. The molecule has 3 nitrogen and oxygen atoms in total. The molecule has 0 aromatic carbocycles. The summed E-state index contributed by atoms with van der Waals surface area (Å²) in [4.78, 5) is 1.13. The van der Waals surface area contributed by atoms with Crippen LogP contribution in [0.1, 0.15) is 30.7 Å². The molecule has 0 fully saturated rings. The Morgan fingerprint density at radius 1 is 1.73 bits per heavy atom. The Bertz CT molecular complexity index is 322. The normalized spacial score (nSPS) is 12.5. The van der Waals surface area contributed by atoms with Crippen molar-refractivity contribution < 1.29 is 4.74 Å². The van der Waals surface area contributed by atoms with Gasteiger partial charge < -0.3 is 4.74 Å². The van der Waals surface area contributed by atoms with Crippen molar-refractivity contribution in [2.45, 2.75) is 25.8 Å². The minimum Gasteiger partial charge on any atom is -0.496 e. The number of ether oxygens (including phenoxy) is 1. The highest BCUT2D eigenvalue weighted by atomic mass is 32.1. The molecule has 4 heteroatoms. The van der Waals surface area contributed by atoms with Gasteiger partial charge in [-0.05, 0) is 24.3 Å². The third-order valence-electron chi connectivity index (χ3n) is 2.39. The molecule has 84 valence electrons. The van der Waals surface area contributed by atoms with E-state index in [0.29, 0.717) is 0 Å². The Morgan fingerprint density at radius 3 is 3.00 bits per heavy atom. The largest absolute Gasteiger partial charge is 0.496 e. The van der Waals surface area contributed by atoms with Gasteiger partial charge in [-0.1, -0.05) is 19.1 Å². The van der Waals surface area contributed by atoms with Gasteiger partial charge >= 0.3 is 0 Å². The number of methoxy groups -OCH3 is 1. The molecule has 1 aromatic heterocycles. The summed E-state index contributed by atoms with van der Waals surface area (Å²) in [5, 5.41) is 2.01. The van der Waals surface area contributed by atoms with Gasteiger partial charge in [0.1, 0.15) is 5.75 Å². The monoisotopic (exact) mass is 226 g/mol. The number of hydrogen-bond acceptors (Lipinski definition) is 4.